The number of hydrogen-bond donors (Lipinski definition) is 0. The molecule has 4 nitrogen and oxygen atoms in total. The Morgan fingerprint density at radius 1 is 1.30 bits per heavy atom. The zero-order valence-corrected chi connectivity index (χ0v) is 6.17. The Morgan fingerprint density at radius 2 is 1.70 bits per heavy atom. The van der Waals surface area contributed by atoms with E-state index in [4.69, 9.17) is 0 Å². The van der Waals surface area contributed by atoms with Crippen LogP contribution in [0.3, 0.4) is 0 Å². The van der Waals surface area contributed by atoms with E-state index in [1.165, 1.54) is 20.8 Å². The van der Waals surface area contributed by atoms with Crippen LogP contribution in [-0.2, 0) is 4.79 Å². The van der Waals surface area contributed by atoms with E-state index in [-0.39, 0.29) is 17.1 Å². The van der Waals surface area contributed by atoms with Gasteiger partial charge in [0.15, 0.2) is 5.78 Å². The highest BCUT2D eigenvalue weighted by Crippen LogP contribution is 2.03. The van der Waals surface area contributed by atoms with Crippen molar-refractivity contribution in [2.75, 3.05) is 0 Å². The van der Waals surface area contributed by atoms with Gasteiger partial charge in [0.25, 0.3) is 0 Å². The highest BCUT2D eigenvalue weighted by atomic mass is 16.6. The number of carbonyl (C=O) groups is 1. The fourth-order valence-corrected chi connectivity index (χ4v) is 0.392. The molecule has 0 aliphatic heterocycles. The molecule has 0 bridgehead atoms. The van der Waals surface area contributed by atoms with E-state index in [9.17, 15) is 14.9 Å². The Hall–Kier alpha value is -1.19. The number of allylic oxidation sites excluding steroid dienone is 2. The summed E-state index contributed by atoms with van der Waals surface area (Å²) in [4.78, 5) is 20.0. The highest BCUT2D eigenvalue weighted by Gasteiger charge is 2.10. The molecule has 0 aliphatic rings. The minimum Gasteiger partial charge on any atom is -0.295 e. The molecule has 10 heavy (non-hydrogen) atoms. The van der Waals surface area contributed by atoms with Gasteiger partial charge in [0.05, 0.1) is 10.5 Å². The van der Waals surface area contributed by atoms with Crippen LogP contribution >= 0.6 is 0 Å². The molecule has 0 aliphatic carbocycles. The predicted molar refractivity (Wildman–Crippen MR) is 36.0 cm³/mol. The number of nitrogens with zero attached hydrogens (tertiary/aromatic N) is 1. The Bertz CT molecular complexity index is 183. The fourth-order valence-electron chi connectivity index (χ4n) is 0.392. The smallest absolute Gasteiger partial charge is 0.249 e. The van der Waals surface area contributed by atoms with Crippen LogP contribution < -0.4 is 0 Å². The molecular formula is C6H9NO3. The van der Waals surface area contributed by atoms with E-state index >= 15 is 0 Å². The lowest BCUT2D eigenvalue weighted by atomic mass is 10.2. The van der Waals surface area contributed by atoms with Gasteiger partial charge in [-0.1, -0.05) is 0 Å². The van der Waals surface area contributed by atoms with Gasteiger partial charge >= 0.3 is 0 Å². The molecule has 0 unspecified atom stereocenters. The molecular weight excluding hydrogens is 134 g/mol. The first-order valence-electron chi connectivity index (χ1n) is 2.79. The van der Waals surface area contributed by atoms with Crippen molar-refractivity contribution in [2.45, 2.75) is 20.8 Å². The molecule has 0 fully saturated rings. The average Bonchev–Trinajstić information content (AvgIpc) is 1.84. The number of rotatable bonds is 2. The lowest BCUT2D eigenvalue weighted by Gasteiger charge is -1.93. The molecule has 0 heterocycles. The second-order valence-corrected chi connectivity index (χ2v) is 2.02. The van der Waals surface area contributed by atoms with Crippen molar-refractivity contribution in [2.24, 2.45) is 0 Å². The first kappa shape index (κ1) is 8.81. The van der Waals surface area contributed by atoms with Gasteiger partial charge in [-0.05, 0) is 13.8 Å². The van der Waals surface area contributed by atoms with E-state index in [2.05, 4.69) is 0 Å². The summed E-state index contributed by atoms with van der Waals surface area (Å²) in [5.41, 5.74) is 0.137. The van der Waals surface area contributed by atoms with Gasteiger partial charge in [0, 0.05) is 6.92 Å². The molecule has 0 aromatic heterocycles. The molecule has 0 radical (unpaired) electrons. The number of Topliss-reactive ketones (excluding diaryl/α,β-unsaturated/α-hetero) is 1. The van der Waals surface area contributed by atoms with Crippen LogP contribution in [0.15, 0.2) is 11.3 Å². The SMILES string of the molecule is CC(=O)/C(C)=C(\C)[N+](=O)[O-]. The van der Waals surface area contributed by atoms with Gasteiger partial charge in [-0.2, -0.15) is 0 Å². The maximum absolute atomic E-state index is 10.5. The van der Waals surface area contributed by atoms with Crippen LogP contribution in [-0.4, -0.2) is 10.7 Å². The van der Waals surface area contributed by atoms with Crippen molar-refractivity contribution in [3.8, 4) is 0 Å². The molecule has 0 saturated heterocycles. The minimum atomic E-state index is -0.559. The summed E-state index contributed by atoms with van der Waals surface area (Å²) >= 11 is 0. The third-order valence-electron chi connectivity index (χ3n) is 1.34. The number of carbonyl (C=O) groups excluding carboxylic acids is 1. The van der Waals surface area contributed by atoms with Gasteiger partial charge in [-0.15, -0.1) is 0 Å². The van der Waals surface area contributed by atoms with Crippen LogP contribution in [0.5, 0.6) is 0 Å². The van der Waals surface area contributed by atoms with Crippen LogP contribution in [0.2, 0.25) is 0 Å². The van der Waals surface area contributed by atoms with Crippen molar-refractivity contribution in [3.63, 3.8) is 0 Å². The van der Waals surface area contributed by atoms with Gasteiger partial charge in [-0.25, -0.2) is 0 Å². The third-order valence-corrected chi connectivity index (χ3v) is 1.34. The van der Waals surface area contributed by atoms with Gasteiger partial charge in [0.1, 0.15) is 0 Å². The van der Waals surface area contributed by atoms with Crippen LogP contribution in [0.1, 0.15) is 20.8 Å². The summed E-state index contributed by atoms with van der Waals surface area (Å²) in [6.45, 7) is 4.07. The van der Waals surface area contributed by atoms with Crippen molar-refractivity contribution in [1.82, 2.24) is 0 Å². The molecule has 0 atom stereocenters. The Balaban J connectivity index is 4.67. The molecule has 0 N–H and O–H groups in total. The number of nitro groups is 1. The fraction of sp³-hybridized carbons (Fsp3) is 0.500. The molecule has 0 saturated carbocycles. The first-order chi connectivity index (χ1) is 4.46. The second kappa shape index (κ2) is 3.10. The Labute approximate surface area is 58.7 Å². The number of hydrogen-bond acceptors (Lipinski definition) is 3. The zero-order chi connectivity index (χ0) is 8.31. The summed E-state index contributed by atoms with van der Waals surface area (Å²) in [7, 11) is 0. The van der Waals surface area contributed by atoms with Crippen molar-refractivity contribution >= 4 is 5.78 Å². The molecule has 0 spiro atoms. The topological polar surface area (TPSA) is 60.2 Å². The summed E-state index contributed by atoms with van der Waals surface area (Å²) in [5.74, 6) is -0.255. The first-order valence-corrected chi connectivity index (χ1v) is 2.79. The summed E-state index contributed by atoms with van der Waals surface area (Å²) in [6, 6.07) is 0. The standard InChI is InChI=1S/C6H9NO3/c1-4(6(3)8)5(2)7(9)10/h1-3H3/b5-4+. The third kappa shape index (κ3) is 1.97. The van der Waals surface area contributed by atoms with E-state index in [0.29, 0.717) is 0 Å². The molecule has 4 heteroatoms. The lowest BCUT2D eigenvalue weighted by Crippen LogP contribution is -2.02. The zero-order valence-electron chi connectivity index (χ0n) is 6.17. The van der Waals surface area contributed by atoms with Gasteiger partial charge < -0.3 is 0 Å². The van der Waals surface area contributed by atoms with E-state index in [0.717, 1.165) is 0 Å². The molecule has 0 aromatic rings. The lowest BCUT2D eigenvalue weighted by molar-refractivity contribution is -0.425. The maximum atomic E-state index is 10.5. The Kier molecular flexibility index (Phi) is 2.73. The van der Waals surface area contributed by atoms with Crippen LogP contribution in [0.25, 0.3) is 0 Å². The maximum Gasteiger partial charge on any atom is 0.249 e. The van der Waals surface area contributed by atoms with Crippen LogP contribution in [0, 0.1) is 10.1 Å². The largest absolute Gasteiger partial charge is 0.295 e. The highest BCUT2D eigenvalue weighted by molar-refractivity contribution is 5.92. The summed E-state index contributed by atoms with van der Waals surface area (Å²) in [6.07, 6.45) is 0. The Morgan fingerprint density at radius 3 is 1.80 bits per heavy atom. The van der Waals surface area contributed by atoms with Gasteiger partial charge in [0.2, 0.25) is 5.70 Å². The van der Waals surface area contributed by atoms with E-state index < -0.39 is 4.92 Å². The van der Waals surface area contributed by atoms with Crippen molar-refractivity contribution in [3.05, 3.63) is 21.4 Å². The normalized spacial score (nSPS) is 12.3. The van der Waals surface area contributed by atoms with Crippen LogP contribution in [0.4, 0.5) is 0 Å². The number of ketones is 1. The quantitative estimate of drug-likeness (QED) is 0.331. The van der Waals surface area contributed by atoms with E-state index in [1.807, 2.05) is 0 Å². The summed E-state index contributed by atoms with van der Waals surface area (Å²) < 4.78 is 0. The minimum absolute atomic E-state index is 0.0764. The van der Waals surface area contributed by atoms with Gasteiger partial charge in [-0.3, -0.25) is 14.9 Å². The van der Waals surface area contributed by atoms with E-state index in [1.54, 1.807) is 0 Å². The molecule has 0 rings (SSSR count). The molecule has 56 valence electrons. The molecule has 0 amide bonds. The predicted octanol–water partition coefficient (Wildman–Crippen LogP) is 1.15. The molecule has 0 aromatic carbocycles. The monoisotopic (exact) mass is 143 g/mol. The summed E-state index contributed by atoms with van der Waals surface area (Å²) in [5, 5.41) is 10.0. The second-order valence-electron chi connectivity index (χ2n) is 2.02. The van der Waals surface area contributed by atoms with Crippen molar-refractivity contribution in [1.29, 1.82) is 0 Å². The average molecular weight is 143 g/mol. The van der Waals surface area contributed by atoms with Crippen molar-refractivity contribution < 1.29 is 9.72 Å².